The average molecular weight is 294 g/mol. The van der Waals surface area contributed by atoms with Crippen LogP contribution in [0.4, 0.5) is 0 Å². The third-order valence-electron chi connectivity index (χ3n) is 3.31. The summed E-state index contributed by atoms with van der Waals surface area (Å²) in [6.07, 6.45) is 0.309. The van der Waals surface area contributed by atoms with Crippen LogP contribution in [0, 0.1) is 0 Å². The smallest absolute Gasteiger partial charge is 0.236 e. The maximum atomic E-state index is 11.6. The zero-order chi connectivity index (χ0) is 15.7. The molecule has 0 radical (unpaired) electrons. The molecule has 1 rings (SSSR count). The highest BCUT2D eigenvalue weighted by atomic mass is 16.5. The summed E-state index contributed by atoms with van der Waals surface area (Å²) in [5, 5.41) is 12.8. The summed E-state index contributed by atoms with van der Waals surface area (Å²) in [6, 6.07) is 7.83. The number of likely N-dealkylation sites (N-methyl/N-ethyl adjacent to an activating group) is 1. The molecule has 0 saturated heterocycles. The van der Waals surface area contributed by atoms with E-state index in [1.165, 1.54) is 5.56 Å². The van der Waals surface area contributed by atoms with Crippen molar-refractivity contribution >= 4 is 5.91 Å². The standard InChI is InChI=1S/C16H26N2O3/c1-4-13-7-6-8-15(9-13)21-12-14(19)10-17-11-16(20)18(3)5-2/h6-9,14,17,19H,4-5,10-12H2,1-3H3. The minimum absolute atomic E-state index is 0.0151. The first-order chi connectivity index (χ1) is 10.1. The van der Waals surface area contributed by atoms with Gasteiger partial charge in [-0.25, -0.2) is 0 Å². The molecule has 1 atom stereocenters. The Bertz CT molecular complexity index is 437. The summed E-state index contributed by atoms with van der Waals surface area (Å²) in [7, 11) is 1.75. The number of aryl methyl sites for hydroxylation is 1. The minimum Gasteiger partial charge on any atom is -0.491 e. The van der Waals surface area contributed by atoms with Crippen molar-refractivity contribution in [2.75, 3.05) is 33.3 Å². The highest BCUT2D eigenvalue weighted by Gasteiger charge is 2.09. The van der Waals surface area contributed by atoms with Crippen molar-refractivity contribution in [1.29, 1.82) is 0 Å². The lowest BCUT2D eigenvalue weighted by atomic mass is 10.2. The number of hydrogen-bond acceptors (Lipinski definition) is 4. The van der Waals surface area contributed by atoms with E-state index in [0.717, 1.165) is 12.2 Å². The van der Waals surface area contributed by atoms with E-state index < -0.39 is 6.10 Å². The van der Waals surface area contributed by atoms with Crippen molar-refractivity contribution < 1.29 is 14.6 Å². The van der Waals surface area contributed by atoms with Crippen molar-refractivity contribution in [1.82, 2.24) is 10.2 Å². The molecular weight excluding hydrogens is 268 g/mol. The van der Waals surface area contributed by atoms with Gasteiger partial charge in [0.15, 0.2) is 0 Å². The van der Waals surface area contributed by atoms with E-state index in [0.29, 0.717) is 13.1 Å². The number of aliphatic hydroxyl groups is 1. The molecule has 5 nitrogen and oxygen atoms in total. The fourth-order valence-corrected chi connectivity index (χ4v) is 1.76. The number of ether oxygens (including phenoxy) is 1. The molecule has 0 aliphatic rings. The van der Waals surface area contributed by atoms with E-state index in [2.05, 4.69) is 12.2 Å². The van der Waals surface area contributed by atoms with Gasteiger partial charge in [0.25, 0.3) is 0 Å². The van der Waals surface area contributed by atoms with Gasteiger partial charge in [0.2, 0.25) is 5.91 Å². The quantitative estimate of drug-likeness (QED) is 0.715. The van der Waals surface area contributed by atoms with Crippen LogP contribution in [0.25, 0.3) is 0 Å². The zero-order valence-corrected chi connectivity index (χ0v) is 13.1. The van der Waals surface area contributed by atoms with Gasteiger partial charge in [-0.2, -0.15) is 0 Å². The fraction of sp³-hybridized carbons (Fsp3) is 0.562. The number of aliphatic hydroxyl groups excluding tert-OH is 1. The Kier molecular flexibility index (Phi) is 7.79. The molecule has 0 fully saturated rings. The number of nitrogens with one attached hydrogen (secondary N) is 1. The Morgan fingerprint density at radius 1 is 1.43 bits per heavy atom. The fourth-order valence-electron chi connectivity index (χ4n) is 1.76. The number of carbonyl (C=O) groups is 1. The molecule has 5 heteroatoms. The molecule has 0 aliphatic heterocycles. The van der Waals surface area contributed by atoms with Crippen LogP contribution in [-0.2, 0) is 11.2 Å². The van der Waals surface area contributed by atoms with Gasteiger partial charge < -0.3 is 20.1 Å². The predicted molar refractivity (Wildman–Crippen MR) is 83.5 cm³/mol. The summed E-state index contributed by atoms with van der Waals surface area (Å²) in [6.45, 7) is 5.45. The Labute approximate surface area is 126 Å². The van der Waals surface area contributed by atoms with Gasteiger partial charge in [-0.15, -0.1) is 0 Å². The summed E-state index contributed by atoms with van der Waals surface area (Å²) < 4.78 is 5.55. The second-order valence-corrected chi connectivity index (χ2v) is 5.00. The molecule has 0 aliphatic carbocycles. The van der Waals surface area contributed by atoms with Gasteiger partial charge in [0.1, 0.15) is 18.5 Å². The van der Waals surface area contributed by atoms with Crippen LogP contribution in [0.5, 0.6) is 5.75 Å². The summed E-state index contributed by atoms with van der Waals surface area (Å²) in [5.41, 5.74) is 1.20. The monoisotopic (exact) mass is 294 g/mol. The number of rotatable bonds is 9. The first-order valence-electron chi connectivity index (χ1n) is 7.41. The lowest BCUT2D eigenvalue weighted by Crippen LogP contribution is -2.39. The maximum absolute atomic E-state index is 11.6. The third-order valence-corrected chi connectivity index (χ3v) is 3.31. The van der Waals surface area contributed by atoms with Crippen LogP contribution in [0.2, 0.25) is 0 Å². The molecule has 0 heterocycles. The number of hydrogen-bond donors (Lipinski definition) is 2. The Hall–Kier alpha value is -1.59. The van der Waals surface area contributed by atoms with Crippen molar-refractivity contribution in [2.24, 2.45) is 0 Å². The van der Waals surface area contributed by atoms with E-state index >= 15 is 0 Å². The van der Waals surface area contributed by atoms with Gasteiger partial charge in [-0.05, 0) is 31.0 Å². The topological polar surface area (TPSA) is 61.8 Å². The molecule has 21 heavy (non-hydrogen) atoms. The van der Waals surface area contributed by atoms with Crippen molar-refractivity contribution in [2.45, 2.75) is 26.4 Å². The SMILES string of the molecule is CCc1cccc(OCC(O)CNCC(=O)N(C)CC)c1. The van der Waals surface area contributed by atoms with Crippen molar-refractivity contribution in [3.63, 3.8) is 0 Å². The molecule has 0 aromatic heterocycles. The number of carbonyl (C=O) groups excluding carboxylic acids is 1. The van der Waals surface area contributed by atoms with Crippen molar-refractivity contribution in [3.8, 4) is 5.75 Å². The highest BCUT2D eigenvalue weighted by molar-refractivity contribution is 5.77. The molecule has 0 saturated carbocycles. The molecule has 1 amide bonds. The van der Waals surface area contributed by atoms with Crippen LogP contribution in [0.3, 0.4) is 0 Å². The van der Waals surface area contributed by atoms with E-state index in [1.807, 2.05) is 31.2 Å². The van der Waals surface area contributed by atoms with E-state index in [9.17, 15) is 9.90 Å². The van der Waals surface area contributed by atoms with Crippen LogP contribution in [-0.4, -0.2) is 55.3 Å². The second-order valence-electron chi connectivity index (χ2n) is 5.00. The first-order valence-corrected chi connectivity index (χ1v) is 7.41. The number of nitrogens with zero attached hydrogens (tertiary/aromatic N) is 1. The van der Waals surface area contributed by atoms with E-state index in [-0.39, 0.29) is 19.1 Å². The number of amides is 1. The first kappa shape index (κ1) is 17.5. The van der Waals surface area contributed by atoms with Crippen LogP contribution < -0.4 is 10.1 Å². The molecule has 0 bridgehead atoms. The molecule has 1 aromatic rings. The molecule has 0 spiro atoms. The van der Waals surface area contributed by atoms with Gasteiger partial charge >= 0.3 is 0 Å². The molecular formula is C16H26N2O3. The van der Waals surface area contributed by atoms with Gasteiger partial charge in [-0.3, -0.25) is 4.79 Å². The summed E-state index contributed by atoms with van der Waals surface area (Å²) in [5.74, 6) is 0.774. The minimum atomic E-state index is -0.644. The normalized spacial score (nSPS) is 12.0. The summed E-state index contributed by atoms with van der Waals surface area (Å²) in [4.78, 5) is 13.2. The second kappa shape index (κ2) is 9.37. The lowest BCUT2D eigenvalue weighted by molar-refractivity contribution is -0.128. The molecule has 118 valence electrons. The van der Waals surface area contributed by atoms with Crippen LogP contribution in [0.15, 0.2) is 24.3 Å². The largest absolute Gasteiger partial charge is 0.491 e. The van der Waals surface area contributed by atoms with Crippen LogP contribution >= 0.6 is 0 Å². The number of benzene rings is 1. The van der Waals surface area contributed by atoms with E-state index in [4.69, 9.17) is 4.74 Å². The Balaban J connectivity index is 2.24. The maximum Gasteiger partial charge on any atom is 0.236 e. The zero-order valence-electron chi connectivity index (χ0n) is 13.1. The van der Waals surface area contributed by atoms with Gasteiger partial charge in [-0.1, -0.05) is 19.1 Å². The Morgan fingerprint density at radius 2 is 2.19 bits per heavy atom. The Morgan fingerprint density at radius 3 is 2.86 bits per heavy atom. The lowest BCUT2D eigenvalue weighted by Gasteiger charge is -2.16. The van der Waals surface area contributed by atoms with Crippen molar-refractivity contribution in [3.05, 3.63) is 29.8 Å². The molecule has 1 unspecified atom stereocenters. The predicted octanol–water partition coefficient (Wildman–Crippen LogP) is 1.06. The van der Waals surface area contributed by atoms with Gasteiger partial charge in [0.05, 0.1) is 6.54 Å². The summed E-state index contributed by atoms with van der Waals surface area (Å²) >= 11 is 0. The third kappa shape index (κ3) is 6.60. The van der Waals surface area contributed by atoms with E-state index in [1.54, 1.807) is 11.9 Å². The molecule has 1 aromatic carbocycles. The highest BCUT2D eigenvalue weighted by Crippen LogP contribution is 2.13. The average Bonchev–Trinajstić information content (AvgIpc) is 2.52. The van der Waals surface area contributed by atoms with Gasteiger partial charge in [0, 0.05) is 20.1 Å². The molecule has 2 N–H and O–H groups in total. The van der Waals surface area contributed by atoms with Crippen LogP contribution in [0.1, 0.15) is 19.4 Å².